The fourth-order valence-electron chi connectivity index (χ4n) is 2.10. The molecule has 0 aliphatic rings. The molecule has 0 radical (unpaired) electrons. The lowest BCUT2D eigenvalue weighted by atomic mass is 10.2. The normalized spacial score (nSPS) is 10.2. The zero-order chi connectivity index (χ0) is 16.8. The molecule has 2 N–H and O–H groups in total. The summed E-state index contributed by atoms with van der Waals surface area (Å²) in [6.45, 7) is 0.652. The van der Waals surface area contributed by atoms with Crippen LogP contribution >= 0.6 is 15.9 Å². The fourth-order valence-corrected chi connectivity index (χ4v) is 2.50. The SMILES string of the molecule is O=C(Nc1cccc(Br)c1)c1ccc(NCc2ccccc2)nn1. The first-order valence-electron chi connectivity index (χ1n) is 7.39. The first kappa shape index (κ1) is 16.1. The van der Waals surface area contributed by atoms with Gasteiger partial charge in [-0.1, -0.05) is 52.3 Å². The Morgan fingerprint density at radius 2 is 1.79 bits per heavy atom. The van der Waals surface area contributed by atoms with E-state index in [9.17, 15) is 4.79 Å². The van der Waals surface area contributed by atoms with Gasteiger partial charge in [0.15, 0.2) is 5.69 Å². The molecule has 1 amide bonds. The summed E-state index contributed by atoms with van der Waals surface area (Å²) in [7, 11) is 0. The van der Waals surface area contributed by atoms with Crippen molar-refractivity contribution < 1.29 is 4.79 Å². The second kappa shape index (κ2) is 7.70. The van der Waals surface area contributed by atoms with E-state index in [0.29, 0.717) is 18.1 Å². The van der Waals surface area contributed by atoms with Gasteiger partial charge in [0.2, 0.25) is 0 Å². The maximum Gasteiger partial charge on any atom is 0.276 e. The zero-order valence-corrected chi connectivity index (χ0v) is 14.3. The Labute approximate surface area is 148 Å². The van der Waals surface area contributed by atoms with E-state index in [1.165, 1.54) is 0 Å². The van der Waals surface area contributed by atoms with Crippen molar-refractivity contribution in [1.29, 1.82) is 0 Å². The van der Waals surface area contributed by atoms with Crippen molar-refractivity contribution in [2.24, 2.45) is 0 Å². The molecule has 0 unspecified atom stereocenters. The first-order valence-corrected chi connectivity index (χ1v) is 8.18. The molecule has 0 saturated carbocycles. The number of nitrogens with one attached hydrogen (secondary N) is 2. The molecule has 0 atom stereocenters. The molecule has 120 valence electrons. The second-order valence-corrected chi connectivity index (χ2v) is 6.02. The van der Waals surface area contributed by atoms with Gasteiger partial charge in [0.25, 0.3) is 5.91 Å². The minimum Gasteiger partial charge on any atom is -0.365 e. The Bertz CT molecular complexity index is 822. The average Bonchev–Trinajstić information content (AvgIpc) is 2.61. The fraction of sp³-hybridized carbons (Fsp3) is 0.0556. The lowest BCUT2D eigenvalue weighted by molar-refractivity contribution is 0.102. The van der Waals surface area contributed by atoms with Crippen molar-refractivity contribution in [3.05, 3.63) is 82.5 Å². The molecule has 0 saturated heterocycles. The number of hydrogen-bond acceptors (Lipinski definition) is 4. The standard InChI is InChI=1S/C18H15BrN4O/c19-14-7-4-8-15(11-14)21-18(24)16-9-10-17(23-22-16)20-12-13-5-2-1-3-6-13/h1-11H,12H2,(H,20,23)(H,21,24). The van der Waals surface area contributed by atoms with Crippen molar-refractivity contribution in [3.63, 3.8) is 0 Å². The topological polar surface area (TPSA) is 66.9 Å². The van der Waals surface area contributed by atoms with E-state index in [-0.39, 0.29) is 11.6 Å². The molecular weight excluding hydrogens is 368 g/mol. The average molecular weight is 383 g/mol. The van der Waals surface area contributed by atoms with Gasteiger partial charge in [-0.05, 0) is 35.9 Å². The van der Waals surface area contributed by atoms with E-state index < -0.39 is 0 Å². The molecular formula is C18H15BrN4O. The first-order chi connectivity index (χ1) is 11.7. The van der Waals surface area contributed by atoms with Crippen molar-refractivity contribution in [1.82, 2.24) is 10.2 Å². The van der Waals surface area contributed by atoms with Crippen LogP contribution in [0.4, 0.5) is 11.5 Å². The monoisotopic (exact) mass is 382 g/mol. The van der Waals surface area contributed by atoms with Crippen molar-refractivity contribution in [2.75, 3.05) is 10.6 Å². The van der Waals surface area contributed by atoms with E-state index >= 15 is 0 Å². The molecule has 0 aliphatic heterocycles. The number of aromatic nitrogens is 2. The van der Waals surface area contributed by atoms with Crippen LogP contribution in [-0.2, 0) is 6.54 Å². The molecule has 0 spiro atoms. The Hall–Kier alpha value is -2.73. The molecule has 5 nitrogen and oxygen atoms in total. The molecule has 0 bridgehead atoms. The van der Waals surface area contributed by atoms with Crippen LogP contribution in [0.25, 0.3) is 0 Å². The van der Waals surface area contributed by atoms with Gasteiger partial charge in [-0.3, -0.25) is 4.79 Å². The van der Waals surface area contributed by atoms with E-state index in [2.05, 4.69) is 36.8 Å². The van der Waals surface area contributed by atoms with Crippen LogP contribution in [0.2, 0.25) is 0 Å². The third-order valence-corrected chi connectivity index (χ3v) is 3.79. The molecule has 6 heteroatoms. The summed E-state index contributed by atoms with van der Waals surface area (Å²) < 4.78 is 0.895. The number of benzene rings is 2. The molecule has 1 heterocycles. The molecule has 2 aromatic carbocycles. The summed E-state index contributed by atoms with van der Waals surface area (Å²) in [5, 5.41) is 14.0. The predicted molar refractivity (Wildman–Crippen MR) is 97.9 cm³/mol. The number of carbonyl (C=O) groups excluding carboxylic acids is 1. The minimum absolute atomic E-state index is 0.264. The van der Waals surface area contributed by atoms with Gasteiger partial charge in [0.05, 0.1) is 0 Å². The van der Waals surface area contributed by atoms with Gasteiger partial charge in [-0.2, -0.15) is 0 Å². The van der Waals surface area contributed by atoms with Gasteiger partial charge in [0, 0.05) is 16.7 Å². The number of halogens is 1. The largest absolute Gasteiger partial charge is 0.365 e. The van der Waals surface area contributed by atoms with Crippen LogP contribution in [0.3, 0.4) is 0 Å². The summed E-state index contributed by atoms with van der Waals surface area (Å²) in [5.74, 6) is 0.327. The quantitative estimate of drug-likeness (QED) is 0.696. The van der Waals surface area contributed by atoms with Gasteiger partial charge >= 0.3 is 0 Å². The lowest BCUT2D eigenvalue weighted by Gasteiger charge is -2.07. The summed E-state index contributed by atoms with van der Waals surface area (Å²) in [4.78, 5) is 12.2. The van der Waals surface area contributed by atoms with Crippen LogP contribution < -0.4 is 10.6 Å². The van der Waals surface area contributed by atoms with Crippen molar-refractivity contribution in [2.45, 2.75) is 6.54 Å². The van der Waals surface area contributed by atoms with E-state index in [0.717, 1.165) is 10.0 Å². The second-order valence-electron chi connectivity index (χ2n) is 5.11. The van der Waals surface area contributed by atoms with Crippen LogP contribution in [0.15, 0.2) is 71.2 Å². The van der Waals surface area contributed by atoms with Crippen LogP contribution in [0.5, 0.6) is 0 Å². The zero-order valence-electron chi connectivity index (χ0n) is 12.7. The minimum atomic E-state index is -0.296. The van der Waals surface area contributed by atoms with Crippen molar-refractivity contribution >= 4 is 33.3 Å². The maximum atomic E-state index is 12.2. The smallest absolute Gasteiger partial charge is 0.276 e. The van der Waals surface area contributed by atoms with Gasteiger partial charge in [-0.25, -0.2) is 0 Å². The molecule has 3 aromatic rings. The third kappa shape index (κ3) is 4.39. The van der Waals surface area contributed by atoms with E-state index in [1.54, 1.807) is 12.1 Å². The Morgan fingerprint density at radius 3 is 2.50 bits per heavy atom. The number of hydrogen-bond donors (Lipinski definition) is 2. The molecule has 0 fully saturated rings. The number of carbonyl (C=O) groups is 1. The number of nitrogens with zero attached hydrogens (tertiary/aromatic N) is 2. The summed E-state index contributed by atoms with van der Waals surface area (Å²) >= 11 is 3.37. The number of anilines is 2. The summed E-state index contributed by atoms with van der Waals surface area (Å²) in [6, 6.07) is 20.8. The van der Waals surface area contributed by atoms with Gasteiger partial charge < -0.3 is 10.6 Å². The predicted octanol–water partition coefficient (Wildman–Crippen LogP) is 4.10. The van der Waals surface area contributed by atoms with E-state index in [1.807, 2.05) is 54.6 Å². The van der Waals surface area contributed by atoms with Crippen LogP contribution in [0.1, 0.15) is 16.1 Å². The highest BCUT2D eigenvalue weighted by atomic mass is 79.9. The van der Waals surface area contributed by atoms with Gasteiger partial charge in [0.1, 0.15) is 5.82 Å². The highest BCUT2D eigenvalue weighted by Crippen LogP contribution is 2.16. The highest BCUT2D eigenvalue weighted by Gasteiger charge is 2.09. The van der Waals surface area contributed by atoms with Crippen LogP contribution in [0, 0.1) is 0 Å². The number of rotatable bonds is 5. The summed E-state index contributed by atoms with van der Waals surface area (Å²) in [5.41, 5.74) is 2.11. The van der Waals surface area contributed by atoms with Gasteiger partial charge in [-0.15, -0.1) is 10.2 Å². The third-order valence-electron chi connectivity index (χ3n) is 3.30. The summed E-state index contributed by atoms with van der Waals surface area (Å²) in [6.07, 6.45) is 0. The molecule has 1 aromatic heterocycles. The van der Waals surface area contributed by atoms with Crippen molar-refractivity contribution in [3.8, 4) is 0 Å². The Balaban J connectivity index is 1.60. The van der Waals surface area contributed by atoms with Crippen LogP contribution in [-0.4, -0.2) is 16.1 Å². The molecule has 0 aliphatic carbocycles. The van der Waals surface area contributed by atoms with E-state index in [4.69, 9.17) is 0 Å². The molecule has 24 heavy (non-hydrogen) atoms. The highest BCUT2D eigenvalue weighted by molar-refractivity contribution is 9.10. The Morgan fingerprint density at radius 1 is 0.958 bits per heavy atom. The molecule has 3 rings (SSSR count). The lowest BCUT2D eigenvalue weighted by Crippen LogP contribution is -2.14. The maximum absolute atomic E-state index is 12.2. The number of amides is 1. The Kier molecular flexibility index (Phi) is 5.18.